The summed E-state index contributed by atoms with van der Waals surface area (Å²) < 4.78 is 22.8. The molecule has 0 aliphatic carbocycles. The Hall–Kier alpha value is -1.79. The Labute approximate surface area is 160 Å². The molecule has 1 unspecified atom stereocenters. The standard InChI is InChI=1S/C21H29NO5/c1-24-13-5-17-6-14-27-21(17)7-9-22(10-8-21)20(23)16-3-4-18-19(15-16)26-12-2-11-25-18/h3-4,15,17H,2,5-14H2,1H3. The van der Waals surface area contributed by atoms with Gasteiger partial charge < -0.3 is 23.8 Å². The summed E-state index contributed by atoms with van der Waals surface area (Å²) in [5.74, 6) is 1.99. The van der Waals surface area contributed by atoms with Crippen molar-refractivity contribution in [3.8, 4) is 11.5 Å². The first kappa shape index (κ1) is 18.6. The highest BCUT2D eigenvalue weighted by Gasteiger charge is 2.46. The van der Waals surface area contributed by atoms with Gasteiger partial charge in [-0.05, 0) is 49.8 Å². The normalized spacial score (nSPS) is 24.0. The van der Waals surface area contributed by atoms with E-state index in [1.807, 2.05) is 23.1 Å². The molecule has 0 bridgehead atoms. The van der Waals surface area contributed by atoms with E-state index in [0.717, 1.165) is 64.2 Å². The Morgan fingerprint density at radius 2 is 1.96 bits per heavy atom. The first-order valence-corrected chi connectivity index (χ1v) is 10.0. The van der Waals surface area contributed by atoms with Crippen LogP contribution in [0.5, 0.6) is 11.5 Å². The molecular formula is C21H29NO5. The molecule has 3 aliphatic rings. The van der Waals surface area contributed by atoms with E-state index in [1.54, 1.807) is 7.11 Å². The number of benzene rings is 1. The van der Waals surface area contributed by atoms with Crippen molar-refractivity contribution in [2.45, 2.75) is 37.7 Å². The fourth-order valence-corrected chi connectivity index (χ4v) is 4.57. The number of carbonyl (C=O) groups is 1. The zero-order chi connectivity index (χ0) is 18.7. The number of rotatable bonds is 4. The molecule has 27 heavy (non-hydrogen) atoms. The Bertz CT molecular complexity index is 669. The summed E-state index contributed by atoms with van der Waals surface area (Å²) in [6, 6.07) is 5.51. The molecule has 3 aliphatic heterocycles. The van der Waals surface area contributed by atoms with E-state index < -0.39 is 0 Å². The lowest BCUT2D eigenvalue weighted by Gasteiger charge is -2.42. The number of nitrogens with zero attached hydrogens (tertiary/aromatic N) is 1. The summed E-state index contributed by atoms with van der Waals surface area (Å²) in [4.78, 5) is 14.9. The molecule has 1 aromatic rings. The van der Waals surface area contributed by atoms with Crippen LogP contribution in [0.1, 0.15) is 42.5 Å². The minimum Gasteiger partial charge on any atom is -0.490 e. The molecule has 0 aromatic heterocycles. The van der Waals surface area contributed by atoms with Crippen LogP contribution in [-0.2, 0) is 9.47 Å². The summed E-state index contributed by atoms with van der Waals surface area (Å²) in [6.07, 6.45) is 4.79. The number of methoxy groups -OCH3 is 1. The highest BCUT2D eigenvalue weighted by molar-refractivity contribution is 5.95. The molecule has 0 N–H and O–H groups in total. The van der Waals surface area contributed by atoms with Crippen LogP contribution in [0, 0.1) is 5.92 Å². The third kappa shape index (κ3) is 3.78. The van der Waals surface area contributed by atoms with Gasteiger partial charge in [0.15, 0.2) is 11.5 Å². The minimum absolute atomic E-state index is 0.0620. The van der Waals surface area contributed by atoms with E-state index in [2.05, 4.69) is 0 Å². The second-order valence-corrected chi connectivity index (χ2v) is 7.68. The van der Waals surface area contributed by atoms with Crippen molar-refractivity contribution < 1.29 is 23.7 Å². The molecule has 1 aromatic carbocycles. The van der Waals surface area contributed by atoms with Gasteiger partial charge in [0.1, 0.15) is 0 Å². The maximum atomic E-state index is 13.0. The second kappa shape index (κ2) is 8.07. The molecule has 1 spiro atoms. The largest absolute Gasteiger partial charge is 0.490 e. The molecule has 1 amide bonds. The Morgan fingerprint density at radius 1 is 1.19 bits per heavy atom. The van der Waals surface area contributed by atoms with Gasteiger partial charge in [0.2, 0.25) is 0 Å². The van der Waals surface area contributed by atoms with Crippen LogP contribution in [0.15, 0.2) is 18.2 Å². The molecule has 2 saturated heterocycles. The predicted molar refractivity (Wildman–Crippen MR) is 100 cm³/mol. The first-order chi connectivity index (χ1) is 13.2. The highest BCUT2D eigenvalue weighted by Crippen LogP contribution is 2.42. The van der Waals surface area contributed by atoms with Crippen molar-refractivity contribution in [2.24, 2.45) is 5.92 Å². The fraction of sp³-hybridized carbons (Fsp3) is 0.667. The SMILES string of the molecule is COCCC1CCOC12CCN(C(=O)c1ccc3c(c1)OCCCO3)CC2. The zero-order valence-corrected chi connectivity index (χ0v) is 16.1. The van der Waals surface area contributed by atoms with E-state index in [1.165, 1.54) is 0 Å². The van der Waals surface area contributed by atoms with Gasteiger partial charge in [-0.2, -0.15) is 0 Å². The first-order valence-electron chi connectivity index (χ1n) is 10.0. The van der Waals surface area contributed by atoms with Crippen LogP contribution in [-0.4, -0.2) is 63.0 Å². The summed E-state index contributed by atoms with van der Waals surface area (Å²) in [6.45, 7) is 4.34. The smallest absolute Gasteiger partial charge is 0.253 e. The molecular weight excluding hydrogens is 346 g/mol. The second-order valence-electron chi connectivity index (χ2n) is 7.68. The maximum absolute atomic E-state index is 13.0. The van der Waals surface area contributed by atoms with Gasteiger partial charge in [0, 0.05) is 45.4 Å². The molecule has 3 heterocycles. The number of amides is 1. The van der Waals surface area contributed by atoms with Crippen LogP contribution in [0.25, 0.3) is 0 Å². The number of likely N-dealkylation sites (tertiary alicyclic amines) is 1. The third-order valence-corrected chi connectivity index (χ3v) is 6.16. The van der Waals surface area contributed by atoms with Crippen molar-refractivity contribution in [3.63, 3.8) is 0 Å². The van der Waals surface area contributed by atoms with Gasteiger partial charge in [0.05, 0.1) is 18.8 Å². The molecule has 1 atom stereocenters. The zero-order valence-electron chi connectivity index (χ0n) is 16.1. The topological polar surface area (TPSA) is 57.2 Å². The van der Waals surface area contributed by atoms with Gasteiger partial charge in [-0.3, -0.25) is 4.79 Å². The molecule has 2 fully saturated rings. The van der Waals surface area contributed by atoms with Gasteiger partial charge >= 0.3 is 0 Å². The lowest BCUT2D eigenvalue weighted by Crippen LogP contribution is -2.49. The van der Waals surface area contributed by atoms with Crippen LogP contribution in [0.3, 0.4) is 0 Å². The fourth-order valence-electron chi connectivity index (χ4n) is 4.57. The maximum Gasteiger partial charge on any atom is 0.253 e. The Morgan fingerprint density at radius 3 is 2.74 bits per heavy atom. The number of piperidine rings is 1. The number of fused-ring (bicyclic) bond motifs is 1. The number of carbonyl (C=O) groups excluding carboxylic acids is 1. The van der Waals surface area contributed by atoms with E-state index in [-0.39, 0.29) is 11.5 Å². The summed E-state index contributed by atoms with van der Waals surface area (Å²) in [5, 5.41) is 0. The van der Waals surface area contributed by atoms with Crippen molar-refractivity contribution in [1.29, 1.82) is 0 Å². The monoisotopic (exact) mass is 375 g/mol. The van der Waals surface area contributed by atoms with Crippen LogP contribution < -0.4 is 9.47 Å². The highest BCUT2D eigenvalue weighted by atomic mass is 16.5. The summed E-state index contributed by atoms with van der Waals surface area (Å²) in [5.41, 5.74) is 0.596. The number of hydrogen-bond donors (Lipinski definition) is 0. The van der Waals surface area contributed by atoms with Gasteiger partial charge in [-0.25, -0.2) is 0 Å². The van der Waals surface area contributed by atoms with E-state index in [9.17, 15) is 4.79 Å². The summed E-state index contributed by atoms with van der Waals surface area (Å²) in [7, 11) is 1.75. The molecule has 6 heteroatoms. The van der Waals surface area contributed by atoms with Crippen molar-refractivity contribution in [3.05, 3.63) is 23.8 Å². The van der Waals surface area contributed by atoms with Crippen LogP contribution >= 0.6 is 0 Å². The Balaban J connectivity index is 1.41. The van der Waals surface area contributed by atoms with Crippen LogP contribution in [0.4, 0.5) is 0 Å². The molecule has 0 saturated carbocycles. The Kier molecular flexibility index (Phi) is 5.55. The van der Waals surface area contributed by atoms with Gasteiger partial charge in [-0.1, -0.05) is 0 Å². The average Bonchev–Trinajstić information content (AvgIpc) is 2.93. The van der Waals surface area contributed by atoms with E-state index in [4.69, 9.17) is 18.9 Å². The van der Waals surface area contributed by atoms with E-state index in [0.29, 0.717) is 30.4 Å². The molecule has 6 nitrogen and oxygen atoms in total. The van der Waals surface area contributed by atoms with Crippen molar-refractivity contribution in [2.75, 3.05) is 46.6 Å². The van der Waals surface area contributed by atoms with Crippen molar-refractivity contribution in [1.82, 2.24) is 4.90 Å². The minimum atomic E-state index is -0.0694. The lowest BCUT2D eigenvalue weighted by molar-refractivity contribution is -0.0661. The molecule has 148 valence electrons. The van der Waals surface area contributed by atoms with Gasteiger partial charge in [0.25, 0.3) is 5.91 Å². The quantitative estimate of drug-likeness (QED) is 0.810. The van der Waals surface area contributed by atoms with Crippen LogP contribution in [0.2, 0.25) is 0 Å². The molecule has 0 radical (unpaired) electrons. The number of ether oxygens (including phenoxy) is 4. The van der Waals surface area contributed by atoms with Gasteiger partial charge in [-0.15, -0.1) is 0 Å². The summed E-state index contributed by atoms with van der Waals surface area (Å²) >= 11 is 0. The molecule has 4 rings (SSSR count). The van der Waals surface area contributed by atoms with E-state index >= 15 is 0 Å². The lowest BCUT2D eigenvalue weighted by atomic mass is 9.78. The average molecular weight is 375 g/mol. The predicted octanol–water partition coefficient (Wildman–Crippen LogP) is 2.90. The third-order valence-electron chi connectivity index (χ3n) is 6.16. The van der Waals surface area contributed by atoms with Crippen molar-refractivity contribution >= 4 is 5.91 Å². The number of hydrogen-bond acceptors (Lipinski definition) is 5.